The fraction of sp³-hybridized carbons (Fsp3) is 1.00. The molecule has 0 aliphatic heterocycles. The molecule has 0 bridgehead atoms. The lowest BCUT2D eigenvalue weighted by molar-refractivity contribution is 0.0450. The highest BCUT2D eigenvalue weighted by Gasteiger charge is 1.93. The third kappa shape index (κ3) is 41.6. The first-order chi connectivity index (χ1) is 7.14. The van der Waals surface area contributed by atoms with Gasteiger partial charge in [0.2, 0.25) is 0 Å². The van der Waals surface area contributed by atoms with Gasteiger partial charge in [0.05, 0.1) is 26.4 Å². The molecule has 0 rings (SSSR count). The normalized spacial score (nSPS) is 8.80. The summed E-state index contributed by atoms with van der Waals surface area (Å²) in [6.07, 6.45) is 1.08. The van der Waals surface area contributed by atoms with Crippen LogP contribution in [0.3, 0.4) is 0 Å². The van der Waals surface area contributed by atoms with Crippen molar-refractivity contribution < 1.29 is 30.6 Å². The highest BCUT2D eigenvalue weighted by atomic mass is 16.3. The van der Waals surface area contributed by atoms with Gasteiger partial charge >= 0.3 is 0 Å². The third-order valence-electron chi connectivity index (χ3n) is 1.03. The van der Waals surface area contributed by atoms with Gasteiger partial charge in [-0.05, 0) is 6.42 Å². The second kappa shape index (κ2) is 23.5. The molecular formula is C9H24O6. The summed E-state index contributed by atoms with van der Waals surface area (Å²) in [5.41, 5.74) is 0. The highest BCUT2D eigenvalue weighted by molar-refractivity contribution is 4.44. The molecule has 0 radical (unpaired) electrons. The molecule has 0 saturated heterocycles. The Labute approximate surface area is 90.4 Å². The van der Waals surface area contributed by atoms with Crippen LogP contribution in [-0.4, -0.2) is 69.8 Å². The van der Waals surface area contributed by atoms with Gasteiger partial charge in [-0.15, -0.1) is 0 Å². The quantitative estimate of drug-likeness (QED) is 0.326. The van der Waals surface area contributed by atoms with Crippen molar-refractivity contribution in [3.8, 4) is 0 Å². The fourth-order valence-electron chi connectivity index (χ4n) is 0.216. The molecule has 15 heavy (non-hydrogen) atoms. The predicted octanol–water partition coefficient (Wildman–Crippen LogP) is -1.92. The molecule has 0 aromatic heterocycles. The lowest BCUT2D eigenvalue weighted by Gasteiger charge is -1.96. The molecule has 6 nitrogen and oxygen atoms in total. The van der Waals surface area contributed by atoms with Crippen molar-refractivity contribution in [3.05, 3.63) is 0 Å². The van der Waals surface area contributed by atoms with Crippen LogP contribution in [0.1, 0.15) is 19.8 Å². The number of hydrogen-bond acceptors (Lipinski definition) is 6. The van der Waals surface area contributed by atoms with E-state index in [1.54, 1.807) is 0 Å². The summed E-state index contributed by atoms with van der Waals surface area (Å²) in [5, 5.41) is 47.3. The first-order valence-corrected chi connectivity index (χ1v) is 4.86. The van der Waals surface area contributed by atoms with E-state index in [1.807, 2.05) is 0 Å². The third-order valence-corrected chi connectivity index (χ3v) is 1.03. The van der Waals surface area contributed by atoms with Crippen LogP contribution in [0.2, 0.25) is 0 Å². The molecule has 6 N–H and O–H groups in total. The van der Waals surface area contributed by atoms with Crippen molar-refractivity contribution in [3.63, 3.8) is 0 Å². The van der Waals surface area contributed by atoms with Gasteiger partial charge in [0.25, 0.3) is 0 Å². The van der Waals surface area contributed by atoms with Crippen LogP contribution in [0.25, 0.3) is 0 Å². The summed E-state index contributed by atoms with van der Waals surface area (Å²) in [6.45, 7) is 1.42. The Balaban J connectivity index is -0.000000147. The molecule has 0 aromatic carbocycles. The SMILES string of the molecule is CCCCO.OCC(O)CO.OCCO. The van der Waals surface area contributed by atoms with E-state index < -0.39 is 6.10 Å². The van der Waals surface area contributed by atoms with Crippen LogP contribution in [0, 0.1) is 0 Å². The Kier molecular flexibility index (Phi) is 31.7. The summed E-state index contributed by atoms with van der Waals surface area (Å²) in [6, 6.07) is 0. The Hall–Kier alpha value is -0.240. The lowest BCUT2D eigenvalue weighted by atomic mass is 10.4. The molecular weight excluding hydrogens is 204 g/mol. The molecule has 0 atom stereocenters. The zero-order valence-corrected chi connectivity index (χ0v) is 9.21. The molecule has 0 saturated carbocycles. The van der Waals surface area contributed by atoms with E-state index in [-0.39, 0.29) is 26.4 Å². The van der Waals surface area contributed by atoms with E-state index >= 15 is 0 Å². The van der Waals surface area contributed by atoms with Crippen molar-refractivity contribution in [2.75, 3.05) is 33.0 Å². The van der Waals surface area contributed by atoms with Crippen LogP contribution in [0.4, 0.5) is 0 Å². The van der Waals surface area contributed by atoms with Crippen molar-refractivity contribution in [1.29, 1.82) is 0 Å². The van der Waals surface area contributed by atoms with Crippen molar-refractivity contribution in [2.24, 2.45) is 0 Å². The minimum atomic E-state index is -0.954. The van der Waals surface area contributed by atoms with Crippen LogP contribution in [0.15, 0.2) is 0 Å². The molecule has 0 aliphatic rings. The van der Waals surface area contributed by atoms with Gasteiger partial charge < -0.3 is 30.6 Å². The zero-order valence-electron chi connectivity index (χ0n) is 9.21. The second-order valence-corrected chi connectivity index (χ2v) is 2.54. The second-order valence-electron chi connectivity index (χ2n) is 2.54. The van der Waals surface area contributed by atoms with E-state index in [1.165, 1.54) is 0 Å². The average molecular weight is 228 g/mol. The first-order valence-electron chi connectivity index (χ1n) is 4.86. The molecule has 0 fully saturated rings. The Bertz CT molecular complexity index is 73.0. The Morgan fingerprint density at radius 2 is 1.20 bits per heavy atom. The highest BCUT2D eigenvalue weighted by Crippen LogP contribution is 1.78. The van der Waals surface area contributed by atoms with Gasteiger partial charge in [0.1, 0.15) is 6.10 Å². The Morgan fingerprint density at radius 1 is 0.800 bits per heavy atom. The number of rotatable bonds is 5. The molecule has 0 aliphatic carbocycles. The van der Waals surface area contributed by atoms with Gasteiger partial charge in [-0.25, -0.2) is 0 Å². The van der Waals surface area contributed by atoms with Crippen molar-refractivity contribution in [1.82, 2.24) is 0 Å². The predicted molar refractivity (Wildman–Crippen MR) is 56.3 cm³/mol. The molecule has 0 spiro atoms. The molecule has 0 aromatic rings. The monoisotopic (exact) mass is 228 g/mol. The molecule has 96 valence electrons. The standard InChI is InChI=1S/C4H10O.C3H8O3.C2H6O2/c1-2-3-4-5;4-1-3(6)2-5;3-1-2-4/h5H,2-4H2,1H3;3-6H,1-2H2;3-4H,1-2H2. The topological polar surface area (TPSA) is 121 Å². The van der Waals surface area contributed by atoms with Crippen LogP contribution < -0.4 is 0 Å². The van der Waals surface area contributed by atoms with E-state index in [2.05, 4.69) is 6.92 Å². The fourth-order valence-corrected chi connectivity index (χ4v) is 0.216. The summed E-state index contributed by atoms with van der Waals surface area (Å²) >= 11 is 0. The lowest BCUT2D eigenvalue weighted by Crippen LogP contribution is -2.15. The van der Waals surface area contributed by atoms with Gasteiger partial charge in [-0.2, -0.15) is 0 Å². The van der Waals surface area contributed by atoms with E-state index in [9.17, 15) is 0 Å². The van der Waals surface area contributed by atoms with Gasteiger partial charge in [-0.3, -0.25) is 0 Å². The number of aliphatic hydroxyl groups excluding tert-OH is 6. The van der Waals surface area contributed by atoms with Crippen LogP contribution in [-0.2, 0) is 0 Å². The largest absolute Gasteiger partial charge is 0.396 e. The minimum absolute atomic E-state index is 0.125. The number of unbranched alkanes of at least 4 members (excludes halogenated alkanes) is 1. The summed E-state index contributed by atoms with van der Waals surface area (Å²) in [4.78, 5) is 0. The van der Waals surface area contributed by atoms with Crippen molar-refractivity contribution in [2.45, 2.75) is 25.9 Å². The maximum atomic E-state index is 8.17. The minimum Gasteiger partial charge on any atom is -0.396 e. The van der Waals surface area contributed by atoms with Gasteiger partial charge in [0, 0.05) is 6.61 Å². The van der Waals surface area contributed by atoms with E-state index in [0.29, 0.717) is 6.61 Å². The summed E-state index contributed by atoms with van der Waals surface area (Å²) < 4.78 is 0. The maximum Gasteiger partial charge on any atom is 0.100 e. The molecule has 0 unspecified atom stereocenters. The van der Waals surface area contributed by atoms with Crippen molar-refractivity contribution >= 4 is 0 Å². The van der Waals surface area contributed by atoms with Crippen LogP contribution >= 0.6 is 0 Å². The summed E-state index contributed by atoms with van der Waals surface area (Å²) in [5.74, 6) is 0. The summed E-state index contributed by atoms with van der Waals surface area (Å²) in [7, 11) is 0. The number of aliphatic hydroxyl groups is 6. The molecule has 6 heteroatoms. The number of hydrogen-bond donors (Lipinski definition) is 6. The zero-order chi connectivity index (χ0) is 12.5. The van der Waals surface area contributed by atoms with E-state index in [4.69, 9.17) is 30.6 Å². The smallest absolute Gasteiger partial charge is 0.100 e. The van der Waals surface area contributed by atoms with E-state index in [0.717, 1.165) is 12.8 Å². The van der Waals surface area contributed by atoms with Gasteiger partial charge in [0.15, 0.2) is 0 Å². The molecule has 0 amide bonds. The first kappa shape index (κ1) is 20.2. The maximum absolute atomic E-state index is 8.17. The average Bonchev–Trinajstić information content (AvgIpc) is 2.30. The Morgan fingerprint density at radius 3 is 1.20 bits per heavy atom. The van der Waals surface area contributed by atoms with Crippen LogP contribution in [0.5, 0.6) is 0 Å². The molecule has 0 heterocycles. The van der Waals surface area contributed by atoms with Gasteiger partial charge in [-0.1, -0.05) is 13.3 Å².